The first-order valence-electron chi connectivity index (χ1n) is 7.15. The van der Waals surface area contributed by atoms with Crippen molar-refractivity contribution in [3.05, 3.63) is 85.3 Å². The molecule has 1 aliphatic rings. The van der Waals surface area contributed by atoms with E-state index in [9.17, 15) is 9.59 Å². The molecule has 0 N–H and O–H groups in total. The Morgan fingerprint density at radius 3 is 2.35 bits per heavy atom. The summed E-state index contributed by atoms with van der Waals surface area (Å²) in [5.74, 6) is -0.292. The first kappa shape index (κ1) is 14.7. The molecule has 0 saturated heterocycles. The highest BCUT2D eigenvalue weighted by molar-refractivity contribution is 6.30. The van der Waals surface area contributed by atoms with Gasteiger partial charge in [0.25, 0.3) is 0 Å². The van der Waals surface area contributed by atoms with Crippen molar-refractivity contribution in [1.82, 2.24) is 9.55 Å². The van der Waals surface area contributed by atoms with Crippen molar-refractivity contribution in [2.45, 2.75) is 0 Å². The van der Waals surface area contributed by atoms with Crippen molar-refractivity contribution < 1.29 is 9.59 Å². The molecule has 0 radical (unpaired) electrons. The molecule has 4 nitrogen and oxygen atoms in total. The molecule has 0 unspecified atom stereocenters. The smallest absolute Gasteiger partial charge is 0.202 e. The van der Waals surface area contributed by atoms with Gasteiger partial charge in [-0.25, -0.2) is 0 Å². The first-order chi connectivity index (χ1) is 11.2. The zero-order valence-corrected chi connectivity index (χ0v) is 12.3. The zero-order chi connectivity index (χ0) is 16.1. The second-order valence-electron chi connectivity index (χ2n) is 4.92. The van der Waals surface area contributed by atoms with Gasteiger partial charge in [0.05, 0.1) is 11.2 Å². The molecule has 112 valence electrons. The average Bonchev–Trinajstić information content (AvgIpc) is 3.12. The van der Waals surface area contributed by atoms with Crippen LogP contribution in [-0.2, 0) is 9.59 Å². The maximum Gasteiger partial charge on any atom is 0.202 e. The second kappa shape index (κ2) is 6.66. The number of fused-ring (bicyclic) bond motifs is 1. The van der Waals surface area contributed by atoms with Crippen LogP contribution in [0, 0.1) is 0 Å². The number of rotatable bonds is 1. The monoisotopic (exact) mass is 302 g/mol. The molecule has 0 fully saturated rings. The van der Waals surface area contributed by atoms with E-state index in [4.69, 9.17) is 0 Å². The Bertz CT molecular complexity index is 841. The minimum Gasteiger partial charge on any atom is -0.320 e. The number of hydrogen-bond acceptors (Lipinski definition) is 3. The standard InChI is InChI=1S/C10H7NO2.C9H7N/c12-8-3-4-10(13)9(7-8)11-5-1-2-6-11;1-2-6-9-8(4-1)5-3-7-10-9/h1-7H;1-7H. The Hall–Kier alpha value is -3.27. The SMILES string of the molecule is O=C1C=CC(=O)C(n2cccc2)=C1.c1ccc2ncccc2c1. The van der Waals surface area contributed by atoms with E-state index in [0.717, 1.165) is 5.52 Å². The third kappa shape index (κ3) is 3.49. The van der Waals surface area contributed by atoms with Gasteiger partial charge in [0, 0.05) is 30.1 Å². The van der Waals surface area contributed by atoms with Crippen LogP contribution in [0.4, 0.5) is 0 Å². The molecule has 23 heavy (non-hydrogen) atoms. The molecular formula is C19H14N2O2. The van der Waals surface area contributed by atoms with Crippen molar-refractivity contribution in [3.8, 4) is 0 Å². The highest BCUT2D eigenvalue weighted by atomic mass is 16.1. The van der Waals surface area contributed by atoms with Gasteiger partial charge >= 0.3 is 0 Å². The fourth-order valence-corrected chi connectivity index (χ4v) is 2.21. The van der Waals surface area contributed by atoms with Crippen LogP contribution >= 0.6 is 0 Å². The largest absolute Gasteiger partial charge is 0.320 e. The quantitative estimate of drug-likeness (QED) is 0.648. The molecule has 1 aromatic carbocycles. The number of pyridine rings is 1. The molecule has 2 aromatic heterocycles. The summed E-state index contributed by atoms with van der Waals surface area (Å²) >= 11 is 0. The Labute approximate surface area is 133 Å². The van der Waals surface area contributed by atoms with Crippen LogP contribution in [0.1, 0.15) is 0 Å². The van der Waals surface area contributed by atoms with E-state index in [-0.39, 0.29) is 11.6 Å². The summed E-state index contributed by atoms with van der Waals surface area (Å²) in [6, 6.07) is 15.7. The summed E-state index contributed by atoms with van der Waals surface area (Å²) in [7, 11) is 0. The van der Waals surface area contributed by atoms with Crippen molar-refractivity contribution in [2.75, 3.05) is 0 Å². The maximum absolute atomic E-state index is 11.3. The minimum absolute atomic E-state index is 0.143. The van der Waals surface area contributed by atoms with E-state index in [1.54, 1.807) is 29.1 Å². The molecule has 0 saturated carbocycles. The number of benzene rings is 1. The van der Waals surface area contributed by atoms with E-state index in [0.29, 0.717) is 5.70 Å². The number of nitrogens with zero attached hydrogens (tertiary/aromatic N) is 2. The summed E-state index contributed by atoms with van der Waals surface area (Å²) < 4.78 is 1.63. The van der Waals surface area contributed by atoms with Crippen molar-refractivity contribution in [3.63, 3.8) is 0 Å². The minimum atomic E-state index is -0.150. The van der Waals surface area contributed by atoms with Gasteiger partial charge in [-0.15, -0.1) is 0 Å². The predicted molar refractivity (Wildman–Crippen MR) is 89.6 cm³/mol. The van der Waals surface area contributed by atoms with Crippen molar-refractivity contribution in [1.29, 1.82) is 0 Å². The van der Waals surface area contributed by atoms with E-state index < -0.39 is 0 Å². The number of carbonyl (C=O) groups is 2. The first-order valence-corrected chi connectivity index (χ1v) is 7.15. The normalized spacial score (nSPS) is 13.5. The lowest BCUT2D eigenvalue weighted by atomic mass is 10.1. The van der Waals surface area contributed by atoms with Gasteiger partial charge in [-0.05, 0) is 36.4 Å². The molecular weight excluding hydrogens is 288 g/mol. The molecule has 0 atom stereocenters. The Balaban J connectivity index is 0.000000140. The van der Waals surface area contributed by atoms with E-state index in [1.165, 1.54) is 23.6 Å². The van der Waals surface area contributed by atoms with Crippen LogP contribution in [0.25, 0.3) is 16.6 Å². The molecule has 0 bridgehead atoms. The fourth-order valence-electron chi connectivity index (χ4n) is 2.21. The Kier molecular flexibility index (Phi) is 4.25. The Morgan fingerprint density at radius 2 is 1.57 bits per heavy atom. The van der Waals surface area contributed by atoms with Crippen LogP contribution in [0.15, 0.2) is 85.3 Å². The number of ketones is 2. The zero-order valence-electron chi connectivity index (χ0n) is 12.3. The Morgan fingerprint density at radius 1 is 0.826 bits per heavy atom. The van der Waals surface area contributed by atoms with Crippen LogP contribution in [0.3, 0.4) is 0 Å². The molecule has 0 spiro atoms. The predicted octanol–water partition coefficient (Wildman–Crippen LogP) is 3.27. The summed E-state index contributed by atoms with van der Waals surface area (Å²) in [5.41, 5.74) is 1.46. The number of allylic oxidation sites excluding steroid dienone is 4. The number of aromatic nitrogens is 2. The summed E-state index contributed by atoms with van der Waals surface area (Å²) in [4.78, 5) is 26.5. The summed E-state index contributed by atoms with van der Waals surface area (Å²) in [6.45, 7) is 0. The van der Waals surface area contributed by atoms with Crippen LogP contribution in [0.2, 0.25) is 0 Å². The van der Waals surface area contributed by atoms with Crippen molar-refractivity contribution >= 4 is 28.2 Å². The van der Waals surface area contributed by atoms with Crippen molar-refractivity contribution in [2.24, 2.45) is 0 Å². The molecule has 2 heterocycles. The lowest BCUT2D eigenvalue weighted by Crippen LogP contribution is -2.10. The molecule has 4 rings (SSSR count). The van der Waals surface area contributed by atoms with Crippen LogP contribution in [0.5, 0.6) is 0 Å². The van der Waals surface area contributed by atoms with Gasteiger partial charge < -0.3 is 4.57 Å². The molecule has 4 heteroatoms. The summed E-state index contributed by atoms with van der Waals surface area (Å²) in [6.07, 6.45) is 9.17. The third-order valence-electron chi connectivity index (χ3n) is 3.33. The van der Waals surface area contributed by atoms with Gasteiger partial charge in [-0.2, -0.15) is 0 Å². The van der Waals surface area contributed by atoms with E-state index >= 15 is 0 Å². The number of hydrogen-bond donors (Lipinski definition) is 0. The van der Waals surface area contributed by atoms with Gasteiger partial charge in [-0.3, -0.25) is 14.6 Å². The number of para-hydroxylation sites is 1. The fraction of sp³-hybridized carbons (Fsp3) is 0. The van der Waals surface area contributed by atoms with Gasteiger partial charge in [0.2, 0.25) is 5.78 Å². The maximum atomic E-state index is 11.3. The van der Waals surface area contributed by atoms with E-state index in [1.807, 2.05) is 30.5 Å². The highest BCUT2D eigenvalue weighted by Crippen LogP contribution is 2.11. The number of carbonyl (C=O) groups excluding carboxylic acids is 2. The van der Waals surface area contributed by atoms with Crippen LogP contribution < -0.4 is 0 Å². The van der Waals surface area contributed by atoms with Gasteiger partial charge in [0.15, 0.2) is 5.78 Å². The molecule has 3 aromatic rings. The molecule has 0 amide bonds. The van der Waals surface area contributed by atoms with E-state index in [2.05, 4.69) is 17.1 Å². The highest BCUT2D eigenvalue weighted by Gasteiger charge is 2.13. The van der Waals surface area contributed by atoms with Crippen LogP contribution in [-0.4, -0.2) is 21.1 Å². The second-order valence-corrected chi connectivity index (χ2v) is 4.92. The lowest BCUT2D eigenvalue weighted by Gasteiger charge is -2.06. The summed E-state index contributed by atoms with van der Waals surface area (Å²) in [5, 5.41) is 1.20. The topological polar surface area (TPSA) is 52.0 Å². The van der Waals surface area contributed by atoms with Gasteiger partial charge in [-0.1, -0.05) is 24.3 Å². The lowest BCUT2D eigenvalue weighted by molar-refractivity contribution is -0.113. The molecule has 1 aliphatic carbocycles. The third-order valence-corrected chi connectivity index (χ3v) is 3.33. The average molecular weight is 302 g/mol. The van der Waals surface area contributed by atoms with Gasteiger partial charge in [0.1, 0.15) is 0 Å². The molecule has 0 aliphatic heterocycles.